The van der Waals surface area contributed by atoms with Gasteiger partial charge in [0.2, 0.25) is 0 Å². The van der Waals surface area contributed by atoms with Crippen molar-refractivity contribution in [3.8, 4) is 0 Å². The van der Waals surface area contributed by atoms with E-state index in [1.807, 2.05) is 42.0 Å². The SMILES string of the molecule is OCC(NCc1cncs1)c1ccccc1. The molecule has 0 aliphatic heterocycles. The Bertz CT molecular complexity index is 402. The lowest BCUT2D eigenvalue weighted by molar-refractivity contribution is 0.244. The van der Waals surface area contributed by atoms with Crippen molar-refractivity contribution in [3.63, 3.8) is 0 Å². The van der Waals surface area contributed by atoms with Crippen LogP contribution in [0.3, 0.4) is 0 Å². The summed E-state index contributed by atoms with van der Waals surface area (Å²) in [7, 11) is 0. The van der Waals surface area contributed by atoms with Gasteiger partial charge in [-0.3, -0.25) is 4.98 Å². The third kappa shape index (κ3) is 2.88. The van der Waals surface area contributed by atoms with E-state index in [0.717, 1.165) is 12.1 Å². The zero-order valence-corrected chi connectivity index (χ0v) is 9.65. The molecule has 0 aliphatic carbocycles. The number of aliphatic hydroxyl groups excluding tert-OH is 1. The number of hydrogen-bond acceptors (Lipinski definition) is 4. The molecule has 0 saturated carbocycles. The summed E-state index contributed by atoms with van der Waals surface area (Å²) in [4.78, 5) is 5.19. The van der Waals surface area contributed by atoms with Crippen molar-refractivity contribution in [3.05, 3.63) is 52.5 Å². The number of hydrogen-bond donors (Lipinski definition) is 2. The van der Waals surface area contributed by atoms with Crippen LogP contribution < -0.4 is 5.32 Å². The molecule has 1 atom stereocenters. The zero-order chi connectivity index (χ0) is 11.2. The van der Waals surface area contributed by atoms with Crippen molar-refractivity contribution in [2.45, 2.75) is 12.6 Å². The molecular weight excluding hydrogens is 220 g/mol. The highest BCUT2D eigenvalue weighted by Crippen LogP contribution is 2.13. The van der Waals surface area contributed by atoms with Gasteiger partial charge in [0.1, 0.15) is 0 Å². The molecule has 1 heterocycles. The van der Waals surface area contributed by atoms with E-state index >= 15 is 0 Å². The Morgan fingerprint density at radius 3 is 2.75 bits per heavy atom. The van der Waals surface area contributed by atoms with Crippen LogP contribution in [-0.4, -0.2) is 16.7 Å². The summed E-state index contributed by atoms with van der Waals surface area (Å²) in [5.41, 5.74) is 2.92. The topological polar surface area (TPSA) is 45.1 Å². The van der Waals surface area contributed by atoms with Crippen LogP contribution in [-0.2, 0) is 6.54 Å². The van der Waals surface area contributed by atoms with E-state index in [1.165, 1.54) is 4.88 Å². The molecule has 0 bridgehead atoms. The van der Waals surface area contributed by atoms with E-state index in [2.05, 4.69) is 10.3 Å². The van der Waals surface area contributed by atoms with Crippen LogP contribution in [0.25, 0.3) is 0 Å². The molecule has 0 saturated heterocycles. The largest absolute Gasteiger partial charge is 0.394 e. The van der Waals surface area contributed by atoms with E-state index in [9.17, 15) is 5.11 Å². The quantitative estimate of drug-likeness (QED) is 0.831. The van der Waals surface area contributed by atoms with Crippen LogP contribution in [0.5, 0.6) is 0 Å². The fourth-order valence-electron chi connectivity index (χ4n) is 1.53. The van der Waals surface area contributed by atoms with Gasteiger partial charge in [-0.2, -0.15) is 0 Å². The molecule has 2 aromatic rings. The van der Waals surface area contributed by atoms with Crippen LogP contribution in [0.2, 0.25) is 0 Å². The summed E-state index contributed by atoms with van der Waals surface area (Å²) < 4.78 is 0. The number of aliphatic hydroxyl groups is 1. The number of benzene rings is 1. The lowest BCUT2D eigenvalue weighted by atomic mass is 10.1. The van der Waals surface area contributed by atoms with Crippen LogP contribution >= 0.6 is 11.3 Å². The summed E-state index contributed by atoms with van der Waals surface area (Å²) in [6, 6.07) is 9.95. The molecule has 0 amide bonds. The van der Waals surface area contributed by atoms with Crippen molar-refractivity contribution >= 4 is 11.3 Å². The van der Waals surface area contributed by atoms with Crippen molar-refractivity contribution in [1.29, 1.82) is 0 Å². The second-order valence-corrected chi connectivity index (χ2v) is 4.47. The Kier molecular flexibility index (Phi) is 4.04. The van der Waals surface area contributed by atoms with Gasteiger partial charge in [0.15, 0.2) is 0 Å². The lowest BCUT2D eigenvalue weighted by Crippen LogP contribution is -2.23. The molecule has 16 heavy (non-hydrogen) atoms. The Hall–Kier alpha value is -1.23. The molecule has 4 heteroatoms. The highest BCUT2D eigenvalue weighted by atomic mass is 32.1. The van der Waals surface area contributed by atoms with Gasteiger partial charge in [0.05, 0.1) is 18.2 Å². The fourth-order valence-corrected chi connectivity index (χ4v) is 2.07. The molecule has 0 aliphatic rings. The fraction of sp³-hybridized carbons (Fsp3) is 0.250. The Labute approximate surface area is 98.8 Å². The first-order chi connectivity index (χ1) is 7.90. The standard InChI is InChI=1S/C12H14N2OS/c15-8-12(10-4-2-1-3-5-10)14-7-11-6-13-9-16-11/h1-6,9,12,14-15H,7-8H2. The lowest BCUT2D eigenvalue weighted by Gasteiger charge is -2.15. The summed E-state index contributed by atoms with van der Waals surface area (Å²) in [6.45, 7) is 0.841. The van der Waals surface area contributed by atoms with Crippen LogP contribution in [0.4, 0.5) is 0 Å². The van der Waals surface area contributed by atoms with E-state index in [-0.39, 0.29) is 12.6 Å². The van der Waals surface area contributed by atoms with Gasteiger partial charge in [-0.15, -0.1) is 11.3 Å². The van der Waals surface area contributed by atoms with Gasteiger partial charge in [-0.05, 0) is 5.56 Å². The highest BCUT2D eigenvalue weighted by molar-refractivity contribution is 7.09. The van der Waals surface area contributed by atoms with E-state index in [0.29, 0.717) is 0 Å². The summed E-state index contributed by atoms with van der Waals surface area (Å²) in [6.07, 6.45) is 1.84. The molecule has 1 aromatic carbocycles. The number of thiazole rings is 1. The number of rotatable bonds is 5. The Balaban J connectivity index is 1.96. The Morgan fingerprint density at radius 2 is 2.12 bits per heavy atom. The maximum atomic E-state index is 9.33. The second kappa shape index (κ2) is 5.75. The van der Waals surface area contributed by atoms with Crippen LogP contribution in [0.15, 0.2) is 42.0 Å². The third-order valence-electron chi connectivity index (χ3n) is 2.39. The van der Waals surface area contributed by atoms with Crippen LogP contribution in [0.1, 0.15) is 16.5 Å². The van der Waals surface area contributed by atoms with Crippen molar-refractivity contribution < 1.29 is 5.11 Å². The van der Waals surface area contributed by atoms with E-state index < -0.39 is 0 Å². The van der Waals surface area contributed by atoms with Gasteiger partial charge in [0.25, 0.3) is 0 Å². The molecule has 0 radical (unpaired) electrons. The van der Waals surface area contributed by atoms with Crippen molar-refractivity contribution in [2.24, 2.45) is 0 Å². The van der Waals surface area contributed by atoms with Gasteiger partial charge in [0, 0.05) is 17.6 Å². The first-order valence-electron chi connectivity index (χ1n) is 5.16. The predicted molar refractivity (Wildman–Crippen MR) is 65.2 cm³/mol. The molecule has 84 valence electrons. The van der Waals surface area contributed by atoms with Crippen molar-refractivity contribution in [1.82, 2.24) is 10.3 Å². The average molecular weight is 234 g/mol. The van der Waals surface area contributed by atoms with E-state index in [4.69, 9.17) is 0 Å². The average Bonchev–Trinajstić information content (AvgIpc) is 2.84. The highest BCUT2D eigenvalue weighted by Gasteiger charge is 2.08. The van der Waals surface area contributed by atoms with Crippen molar-refractivity contribution in [2.75, 3.05) is 6.61 Å². The van der Waals surface area contributed by atoms with E-state index in [1.54, 1.807) is 11.3 Å². The van der Waals surface area contributed by atoms with Gasteiger partial charge in [-0.25, -0.2) is 0 Å². The minimum atomic E-state index is -0.0108. The maximum Gasteiger partial charge on any atom is 0.0794 e. The molecule has 2 N–H and O–H groups in total. The molecule has 0 fully saturated rings. The maximum absolute atomic E-state index is 9.33. The zero-order valence-electron chi connectivity index (χ0n) is 8.84. The second-order valence-electron chi connectivity index (χ2n) is 3.49. The Morgan fingerprint density at radius 1 is 1.31 bits per heavy atom. The minimum absolute atomic E-state index is 0.0108. The first kappa shape index (κ1) is 11.3. The predicted octanol–water partition coefficient (Wildman–Crippen LogP) is 1.97. The smallest absolute Gasteiger partial charge is 0.0794 e. The normalized spacial score (nSPS) is 12.6. The van der Waals surface area contributed by atoms with Crippen LogP contribution in [0, 0.1) is 0 Å². The summed E-state index contributed by atoms with van der Waals surface area (Å²) in [5, 5.41) is 12.6. The molecule has 3 nitrogen and oxygen atoms in total. The third-order valence-corrected chi connectivity index (χ3v) is 3.17. The number of nitrogens with zero attached hydrogens (tertiary/aromatic N) is 1. The molecule has 1 unspecified atom stereocenters. The van der Waals surface area contributed by atoms with Gasteiger partial charge < -0.3 is 10.4 Å². The monoisotopic (exact) mass is 234 g/mol. The van der Waals surface area contributed by atoms with Gasteiger partial charge in [-0.1, -0.05) is 30.3 Å². The molecular formula is C12H14N2OS. The number of aromatic nitrogens is 1. The first-order valence-corrected chi connectivity index (χ1v) is 6.04. The molecule has 0 spiro atoms. The molecule has 1 aromatic heterocycles. The number of nitrogens with one attached hydrogen (secondary N) is 1. The summed E-state index contributed by atoms with van der Waals surface area (Å²) >= 11 is 1.62. The van der Waals surface area contributed by atoms with Gasteiger partial charge >= 0.3 is 0 Å². The summed E-state index contributed by atoms with van der Waals surface area (Å²) in [5.74, 6) is 0. The minimum Gasteiger partial charge on any atom is -0.394 e. The molecule has 2 rings (SSSR count).